The Morgan fingerprint density at radius 2 is 1.93 bits per heavy atom. The van der Waals surface area contributed by atoms with Gasteiger partial charge in [-0.05, 0) is 43.2 Å². The molecule has 2 aromatic carbocycles. The topological polar surface area (TPSA) is 83.7 Å². The molecule has 0 aliphatic heterocycles. The number of aromatic amines is 2. The first kappa shape index (κ1) is 18.0. The summed E-state index contributed by atoms with van der Waals surface area (Å²) >= 11 is 0. The largest absolute Gasteiger partial charge is 0.493 e. The Morgan fingerprint density at radius 1 is 1.11 bits per heavy atom. The average Bonchev–Trinajstić information content (AvgIpc) is 3.06. The molecule has 0 atom stereocenters. The van der Waals surface area contributed by atoms with E-state index in [1.54, 1.807) is 0 Å². The molecule has 4 rings (SSSR count). The average molecular weight is 374 g/mol. The van der Waals surface area contributed by atoms with Crippen LogP contribution >= 0.6 is 0 Å². The van der Waals surface area contributed by atoms with Crippen LogP contribution in [0.1, 0.15) is 19.5 Å². The molecule has 0 aliphatic rings. The molecule has 0 spiro atoms. The van der Waals surface area contributed by atoms with Crippen molar-refractivity contribution < 1.29 is 4.74 Å². The minimum Gasteiger partial charge on any atom is -0.493 e. The fraction of sp³-hybridized carbons (Fsp3) is 0.227. The highest BCUT2D eigenvalue weighted by Crippen LogP contribution is 2.31. The summed E-state index contributed by atoms with van der Waals surface area (Å²) in [4.78, 5) is 19.3. The van der Waals surface area contributed by atoms with Gasteiger partial charge in [-0.15, -0.1) is 0 Å². The van der Waals surface area contributed by atoms with E-state index >= 15 is 0 Å². The quantitative estimate of drug-likeness (QED) is 0.545. The number of hydrogen-bond acceptors (Lipinski definition) is 4. The Labute approximate surface area is 162 Å². The molecule has 0 bridgehead atoms. The van der Waals surface area contributed by atoms with E-state index in [1.807, 2.05) is 55.5 Å². The second kappa shape index (κ2) is 7.31. The van der Waals surface area contributed by atoms with Crippen LogP contribution in [0.15, 0.2) is 53.3 Å². The zero-order valence-corrected chi connectivity index (χ0v) is 16.1. The van der Waals surface area contributed by atoms with Crippen molar-refractivity contribution in [1.82, 2.24) is 20.2 Å². The Balaban J connectivity index is 1.79. The number of para-hydroxylation sites is 1. The molecule has 0 fully saturated rings. The number of nitrogens with zero attached hydrogens (tertiary/aromatic N) is 2. The summed E-state index contributed by atoms with van der Waals surface area (Å²) in [5, 5.41) is 8.25. The fourth-order valence-corrected chi connectivity index (χ4v) is 3.12. The molecule has 142 valence electrons. The minimum atomic E-state index is -0.393. The molecule has 0 unspecified atom stereocenters. The number of hydrogen-bond donors (Lipinski definition) is 2. The molecule has 0 radical (unpaired) electrons. The first-order chi connectivity index (χ1) is 13.5. The zero-order chi connectivity index (χ0) is 19.7. The summed E-state index contributed by atoms with van der Waals surface area (Å²) in [6.07, 6.45) is 0. The lowest BCUT2D eigenvalue weighted by Gasteiger charge is -2.13. The van der Waals surface area contributed by atoms with Gasteiger partial charge >= 0.3 is 5.69 Å². The molecule has 0 aliphatic carbocycles. The Kier molecular flexibility index (Phi) is 4.69. The van der Waals surface area contributed by atoms with Gasteiger partial charge in [0.2, 0.25) is 0 Å². The van der Waals surface area contributed by atoms with Crippen molar-refractivity contribution in [2.45, 2.75) is 20.8 Å². The molecular formula is C22H22N4O2. The van der Waals surface area contributed by atoms with E-state index in [9.17, 15) is 4.79 Å². The molecular weight excluding hydrogens is 352 g/mol. The van der Waals surface area contributed by atoms with E-state index in [4.69, 9.17) is 4.74 Å². The maximum atomic E-state index is 12.3. The van der Waals surface area contributed by atoms with Gasteiger partial charge in [-0.25, -0.2) is 4.79 Å². The highest BCUT2D eigenvalue weighted by Gasteiger charge is 2.12. The summed E-state index contributed by atoms with van der Waals surface area (Å²) in [6, 6.07) is 15.4. The molecule has 4 aromatic rings. The SMILES string of the molecule is Cc1[nH]nc2ccc(-c3cc(-c4ccccc4OCC(C)C)[nH]c(=O)n3)cc12. The van der Waals surface area contributed by atoms with Crippen molar-refractivity contribution in [3.63, 3.8) is 0 Å². The third-order valence-corrected chi connectivity index (χ3v) is 4.53. The van der Waals surface area contributed by atoms with Gasteiger partial charge in [0, 0.05) is 22.2 Å². The molecule has 28 heavy (non-hydrogen) atoms. The third kappa shape index (κ3) is 3.53. The van der Waals surface area contributed by atoms with Crippen LogP contribution in [-0.4, -0.2) is 26.8 Å². The summed E-state index contributed by atoms with van der Waals surface area (Å²) in [5.41, 5.74) is 4.47. The van der Waals surface area contributed by atoms with Gasteiger partial charge in [-0.1, -0.05) is 32.0 Å². The van der Waals surface area contributed by atoms with Gasteiger partial charge < -0.3 is 9.72 Å². The van der Waals surface area contributed by atoms with Gasteiger partial charge in [0.05, 0.1) is 23.5 Å². The second-order valence-corrected chi connectivity index (χ2v) is 7.27. The van der Waals surface area contributed by atoms with Gasteiger partial charge in [0.25, 0.3) is 0 Å². The van der Waals surface area contributed by atoms with E-state index in [0.717, 1.165) is 33.5 Å². The summed E-state index contributed by atoms with van der Waals surface area (Å²) in [5.74, 6) is 1.15. The van der Waals surface area contributed by atoms with E-state index in [-0.39, 0.29) is 0 Å². The first-order valence-electron chi connectivity index (χ1n) is 9.30. The van der Waals surface area contributed by atoms with Gasteiger partial charge in [0.1, 0.15) is 5.75 Å². The maximum Gasteiger partial charge on any atom is 0.345 e. The van der Waals surface area contributed by atoms with Crippen molar-refractivity contribution in [1.29, 1.82) is 0 Å². The van der Waals surface area contributed by atoms with Crippen LogP contribution in [0.3, 0.4) is 0 Å². The fourth-order valence-electron chi connectivity index (χ4n) is 3.12. The lowest BCUT2D eigenvalue weighted by atomic mass is 10.0. The predicted molar refractivity (Wildman–Crippen MR) is 110 cm³/mol. The van der Waals surface area contributed by atoms with Crippen molar-refractivity contribution in [3.05, 3.63) is 64.7 Å². The van der Waals surface area contributed by atoms with Crippen LogP contribution in [0.5, 0.6) is 5.75 Å². The number of rotatable bonds is 5. The molecule has 6 heteroatoms. The van der Waals surface area contributed by atoms with E-state index in [0.29, 0.717) is 23.9 Å². The van der Waals surface area contributed by atoms with E-state index in [2.05, 4.69) is 34.0 Å². The van der Waals surface area contributed by atoms with Crippen LogP contribution in [0.25, 0.3) is 33.4 Å². The van der Waals surface area contributed by atoms with E-state index < -0.39 is 5.69 Å². The Morgan fingerprint density at radius 3 is 2.75 bits per heavy atom. The molecule has 2 aromatic heterocycles. The summed E-state index contributed by atoms with van der Waals surface area (Å²) in [7, 11) is 0. The first-order valence-corrected chi connectivity index (χ1v) is 9.30. The summed E-state index contributed by atoms with van der Waals surface area (Å²) < 4.78 is 5.95. The van der Waals surface area contributed by atoms with Crippen LogP contribution in [0.2, 0.25) is 0 Å². The number of benzene rings is 2. The van der Waals surface area contributed by atoms with E-state index in [1.165, 1.54) is 0 Å². The lowest BCUT2D eigenvalue weighted by Crippen LogP contribution is -2.12. The Hall–Kier alpha value is -3.41. The zero-order valence-electron chi connectivity index (χ0n) is 16.1. The number of aromatic nitrogens is 4. The number of fused-ring (bicyclic) bond motifs is 1. The number of H-pyrrole nitrogens is 2. The number of nitrogens with one attached hydrogen (secondary N) is 2. The minimum absolute atomic E-state index is 0.393. The predicted octanol–water partition coefficient (Wildman–Crippen LogP) is 4.32. The smallest absolute Gasteiger partial charge is 0.345 e. The second-order valence-electron chi connectivity index (χ2n) is 7.27. The molecule has 6 nitrogen and oxygen atoms in total. The monoisotopic (exact) mass is 374 g/mol. The third-order valence-electron chi connectivity index (χ3n) is 4.53. The van der Waals surface area contributed by atoms with Crippen LogP contribution in [0.4, 0.5) is 0 Å². The normalized spacial score (nSPS) is 11.3. The summed E-state index contributed by atoms with van der Waals surface area (Å²) in [6.45, 7) is 6.78. The van der Waals surface area contributed by atoms with Crippen molar-refractivity contribution in [3.8, 4) is 28.3 Å². The van der Waals surface area contributed by atoms with Gasteiger partial charge in [-0.3, -0.25) is 5.10 Å². The van der Waals surface area contributed by atoms with Gasteiger partial charge in [0.15, 0.2) is 0 Å². The number of aryl methyl sites for hydroxylation is 1. The van der Waals surface area contributed by atoms with Crippen LogP contribution in [0, 0.1) is 12.8 Å². The maximum absolute atomic E-state index is 12.3. The Bertz CT molecular complexity index is 1190. The molecule has 2 heterocycles. The molecule has 0 saturated carbocycles. The molecule has 0 saturated heterocycles. The molecule has 2 N–H and O–H groups in total. The van der Waals surface area contributed by atoms with Crippen LogP contribution < -0.4 is 10.4 Å². The van der Waals surface area contributed by atoms with Gasteiger partial charge in [-0.2, -0.15) is 10.1 Å². The molecule has 0 amide bonds. The van der Waals surface area contributed by atoms with Crippen molar-refractivity contribution >= 4 is 10.9 Å². The standard InChI is InChI=1S/C22H22N4O2/c1-13(2)12-28-21-7-5-4-6-16(21)20-11-19(23-22(27)24-20)15-8-9-18-17(10-15)14(3)25-26-18/h4-11,13H,12H2,1-3H3,(H,25,26)(H,23,24,27). The highest BCUT2D eigenvalue weighted by molar-refractivity contribution is 5.86. The highest BCUT2D eigenvalue weighted by atomic mass is 16.5. The number of ether oxygens (including phenoxy) is 1. The van der Waals surface area contributed by atoms with Crippen LogP contribution in [-0.2, 0) is 0 Å². The lowest BCUT2D eigenvalue weighted by molar-refractivity contribution is 0.272. The van der Waals surface area contributed by atoms with Crippen molar-refractivity contribution in [2.24, 2.45) is 5.92 Å². The van der Waals surface area contributed by atoms with Crippen molar-refractivity contribution in [2.75, 3.05) is 6.61 Å².